The van der Waals surface area contributed by atoms with Crippen molar-refractivity contribution in [2.45, 2.75) is 60.3 Å². The predicted octanol–water partition coefficient (Wildman–Crippen LogP) is 3.63. The minimum atomic E-state index is 0.0302. The maximum absolute atomic E-state index is 11.9. The van der Waals surface area contributed by atoms with Crippen LogP contribution < -0.4 is 0 Å². The summed E-state index contributed by atoms with van der Waals surface area (Å²) in [5.74, 6) is 1.34. The topological polar surface area (TPSA) is 34.1 Å². The van der Waals surface area contributed by atoms with Crippen molar-refractivity contribution in [1.82, 2.24) is 0 Å². The van der Waals surface area contributed by atoms with Crippen LogP contribution in [0.4, 0.5) is 0 Å². The summed E-state index contributed by atoms with van der Waals surface area (Å²) in [7, 11) is 0. The van der Waals surface area contributed by atoms with Crippen LogP contribution in [0.5, 0.6) is 0 Å². The van der Waals surface area contributed by atoms with Crippen LogP contribution in [0.1, 0.15) is 60.3 Å². The molecular formula is C15H26O2. The van der Waals surface area contributed by atoms with Crippen molar-refractivity contribution in [2.24, 2.45) is 23.2 Å². The molecule has 0 heterocycles. The Hall–Kier alpha value is -0.660. The number of ketones is 2. The predicted molar refractivity (Wildman–Crippen MR) is 69.8 cm³/mol. The van der Waals surface area contributed by atoms with Crippen molar-refractivity contribution >= 4 is 11.6 Å². The number of carbonyl (C=O) groups excluding carboxylic acids is 2. The minimum absolute atomic E-state index is 0.0302. The van der Waals surface area contributed by atoms with E-state index in [1.807, 2.05) is 6.92 Å². The van der Waals surface area contributed by atoms with E-state index in [-0.39, 0.29) is 23.0 Å². The Labute approximate surface area is 105 Å². The molecule has 1 aliphatic rings. The molecule has 2 heteroatoms. The summed E-state index contributed by atoms with van der Waals surface area (Å²) in [5, 5.41) is 0. The fourth-order valence-electron chi connectivity index (χ4n) is 2.72. The first-order chi connectivity index (χ1) is 7.71. The summed E-state index contributed by atoms with van der Waals surface area (Å²) in [6.45, 7) is 10.3. The van der Waals surface area contributed by atoms with Crippen LogP contribution in [0.15, 0.2) is 0 Å². The van der Waals surface area contributed by atoms with Gasteiger partial charge in [0.15, 0.2) is 0 Å². The second kappa shape index (κ2) is 5.32. The van der Waals surface area contributed by atoms with Crippen LogP contribution in [-0.2, 0) is 9.59 Å². The summed E-state index contributed by atoms with van der Waals surface area (Å²) in [5.41, 5.74) is 0.276. The normalized spacial score (nSPS) is 27.9. The molecule has 1 aliphatic carbocycles. The molecule has 0 aromatic heterocycles. The smallest absolute Gasteiger partial charge is 0.136 e. The first-order valence-electron chi connectivity index (χ1n) is 6.75. The van der Waals surface area contributed by atoms with Gasteiger partial charge < -0.3 is 0 Å². The van der Waals surface area contributed by atoms with Crippen molar-refractivity contribution in [3.05, 3.63) is 0 Å². The van der Waals surface area contributed by atoms with E-state index in [1.165, 1.54) is 0 Å². The quantitative estimate of drug-likeness (QED) is 0.752. The summed E-state index contributed by atoms with van der Waals surface area (Å²) in [6, 6.07) is 0. The summed E-state index contributed by atoms with van der Waals surface area (Å²) in [4.78, 5) is 23.2. The lowest BCUT2D eigenvalue weighted by Gasteiger charge is -2.37. The number of hydrogen-bond acceptors (Lipinski definition) is 2. The average Bonchev–Trinajstić information content (AvgIpc) is 2.19. The molecule has 0 aromatic rings. The molecule has 3 atom stereocenters. The SMILES string of the molecule is CC(=O)C(C)C[C@H]1C[C@@H](C(C)(C)C)CCC1=O. The van der Waals surface area contributed by atoms with Crippen LogP contribution in [0.25, 0.3) is 0 Å². The van der Waals surface area contributed by atoms with Gasteiger partial charge in [0.2, 0.25) is 0 Å². The van der Waals surface area contributed by atoms with Crippen LogP contribution in [-0.4, -0.2) is 11.6 Å². The van der Waals surface area contributed by atoms with Gasteiger partial charge in [-0.3, -0.25) is 9.59 Å². The third-order valence-corrected chi connectivity index (χ3v) is 4.32. The Morgan fingerprint density at radius 2 is 2.00 bits per heavy atom. The first-order valence-corrected chi connectivity index (χ1v) is 6.75. The molecular weight excluding hydrogens is 212 g/mol. The monoisotopic (exact) mass is 238 g/mol. The molecule has 0 N–H and O–H groups in total. The van der Waals surface area contributed by atoms with E-state index < -0.39 is 0 Å². The average molecular weight is 238 g/mol. The zero-order chi connectivity index (χ0) is 13.2. The highest BCUT2D eigenvalue weighted by Crippen LogP contribution is 2.40. The molecule has 1 rings (SSSR count). The third-order valence-electron chi connectivity index (χ3n) is 4.32. The van der Waals surface area contributed by atoms with Crippen LogP contribution in [0, 0.1) is 23.2 Å². The van der Waals surface area contributed by atoms with E-state index in [9.17, 15) is 9.59 Å². The van der Waals surface area contributed by atoms with Gasteiger partial charge in [0, 0.05) is 18.3 Å². The molecule has 17 heavy (non-hydrogen) atoms. The molecule has 1 saturated carbocycles. The van der Waals surface area contributed by atoms with Crippen LogP contribution >= 0.6 is 0 Å². The molecule has 0 aliphatic heterocycles. The zero-order valence-corrected chi connectivity index (χ0v) is 11.9. The molecule has 1 unspecified atom stereocenters. The standard InChI is InChI=1S/C15H26O2/c1-10(11(2)16)8-12-9-13(15(3,4)5)6-7-14(12)17/h10,12-13H,6-9H2,1-5H3/t10?,12-,13-/m0/s1. The van der Waals surface area contributed by atoms with Gasteiger partial charge >= 0.3 is 0 Å². The molecule has 98 valence electrons. The molecule has 1 fully saturated rings. The maximum Gasteiger partial charge on any atom is 0.136 e. The van der Waals surface area contributed by atoms with Gasteiger partial charge in [-0.15, -0.1) is 0 Å². The van der Waals surface area contributed by atoms with Gasteiger partial charge in [0.25, 0.3) is 0 Å². The van der Waals surface area contributed by atoms with Gasteiger partial charge in [-0.25, -0.2) is 0 Å². The molecule has 2 nitrogen and oxygen atoms in total. The van der Waals surface area contributed by atoms with Crippen molar-refractivity contribution in [3.8, 4) is 0 Å². The second-order valence-electron chi connectivity index (χ2n) is 6.75. The Balaban J connectivity index is 2.64. The van der Waals surface area contributed by atoms with E-state index in [0.717, 1.165) is 19.3 Å². The number of Topliss-reactive ketones (excluding diaryl/α,β-unsaturated/α-hetero) is 2. The van der Waals surface area contributed by atoms with E-state index in [0.29, 0.717) is 18.1 Å². The lowest BCUT2D eigenvalue weighted by molar-refractivity contribution is -0.128. The molecule has 0 amide bonds. The van der Waals surface area contributed by atoms with Gasteiger partial charge in [-0.05, 0) is 37.5 Å². The molecule has 0 radical (unpaired) electrons. The first kappa shape index (κ1) is 14.4. The summed E-state index contributed by atoms with van der Waals surface area (Å²) < 4.78 is 0. The molecule has 0 spiro atoms. The van der Waals surface area contributed by atoms with E-state index >= 15 is 0 Å². The maximum atomic E-state index is 11.9. The lowest BCUT2D eigenvalue weighted by atomic mass is 9.67. The Morgan fingerprint density at radius 1 is 1.41 bits per heavy atom. The number of hydrogen-bond donors (Lipinski definition) is 0. The van der Waals surface area contributed by atoms with Gasteiger partial charge in [-0.1, -0.05) is 27.7 Å². The summed E-state index contributed by atoms with van der Waals surface area (Å²) in [6.07, 6.45) is 3.45. The van der Waals surface area contributed by atoms with E-state index in [1.54, 1.807) is 6.92 Å². The highest BCUT2D eigenvalue weighted by Gasteiger charge is 2.35. The molecule has 0 bridgehead atoms. The van der Waals surface area contributed by atoms with Crippen LogP contribution in [0.3, 0.4) is 0 Å². The minimum Gasteiger partial charge on any atom is -0.300 e. The van der Waals surface area contributed by atoms with E-state index in [4.69, 9.17) is 0 Å². The van der Waals surface area contributed by atoms with E-state index in [2.05, 4.69) is 20.8 Å². The van der Waals surface area contributed by atoms with Crippen molar-refractivity contribution < 1.29 is 9.59 Å². The number of carbonyl (C=O) groups is 2. The van der Waals surface area contributed by atoms with Crippen molar-refractivity contribution in [2.75, 3.05) is 0 Å². The Kier molecular flexibility index (Phi) is 4.51. The fraction of sp³-hybridized carbons (Fsp3) is 0.867. The highest BCUT2D eigenvalue weighted by atomic mass is 16.1. The summed E-state index contributed by atoms with van der Waals surface area (Å²) >= 11 is 0. The largest absolute Gasteiger partial charge is 0.300 e. The molecule has 0 aromatic carbocycles. The lowest BCUT2D eigenvalue weighted by Crippen LogP contribution is -2.33. The Morgan fingerprint density at radius 3 is 2.47 bits per heavy atom. The number of rotatable bonds is 3. The highest BCUT2D eigenvalue weighted by molar-refractivity contribution is 5.83. The molecule has 0 saturated heterocycles. The van der Waals surface area contributed by atoms with Gasteiger partial charge in [0.05, 0.1) is 0 Å². The second-order valence-corrected chi connectivity index (χ2v) is 6.75. The fourth-order valence-corrected chi connectivity index (χ4v) is 2.72. The zero-order valence-electron chi connectivity index (χ0n) is 11.9. The third kappa shape index (κ3) is 3.93. The van der Waals surface area contributed by atoms with Crippen LogP contribution in [0.2, 0.25) is 0 Å². The van der Waals surface area contributed by atoms with Crippen molar-refractivity contribution in [3.63, 3.8) is 0 Å². The van der Waals surface area contributed by atoms with Crippen molar-refractivity contribution in [1.29, 1.82) is 0 Å². The Bertz CT molecular complexity index is 299. The van der Waals surface area contributed by atoms with Gasteiger partial charge in [-0.2, -0.15) is 0 Å². The van der Waals surface area contributed by atoms with Gasteiger partial charge in [0.1, 0.15) is 11.6 Å².